The fourth-order valence-corrected chi connectivity index (χ4v) is 6.12. The highest BCUT2D eigenvalue weighted by molar-refractivity contribution is 5.94. The third-order valence-corrected chi connectivity index (χ3v) is 8.86. The summed E-state index contributed by atoms with van der Waals surface area (Å²) >= 11 is 0. The molecule has 8 N–H and O–H groups in total. The van der Waals surface area contributed by atoms with Gasteiger partial charge in [0.05, 0.1) is 18.6 Å². The molecule has 0 bridgehead atoms. The molecule has 0 aliphatic carbocycles. The second-order valence-corrected chi connectivity index (χ2v) is 13.5. The van der Waals surface area contributed by atoms with Crippen molar-refractivity contribution in [1.29, 1.82) is 0 Å². The van der Waals surface area contributed by atoms with Crippen molar-refractivity contribution >= 4 is 29.3 Å². The Kier molecular flexibility index (Phi) is 16.5. The van der Waals surface area contributed by atoms with Crippen LogP contribution < -0.4 is 27.9 Å². The molecule has 12 heteroatoms. The van der Waals surface area contributed by atoms with Gasteiger partial charge in [-0.3, -0.25) is 34.3 Å². The van der Waals surface area contributed by atoms with Crippen LogP contribution in [0.15, 0.2) is 60.7 Å². The Morgan fingerprint density at radius 2 is 1.35 bits per heavy atom. The predicted octanol–water partition coefficient (Wildman–Crippen LogP) is 1.35. The number of piperazine rings is 1. The van der Waals surface area contributed by atoms with Gasteiger partial charge in [-0.25, -0.2) is 5.01 Å². The van der Waals surface area contributed by atoms with E-state index in [-0.39, 0.29) is 48.7 Å². The van der Waals surface area contributed by atoms with Gasteiger partial charge in [-0.15, -0.1) is 0 Å². The van der Waals surface area contributed by atoms with Crippen molar-refractivity contribution in [3.8, 4) is 0 Å². The monoisotopic (exact) mass is 677 g/mol. The summed E-state index contributed by atoms with van der Waals surface area (Å²) in [4.78, 5) is 67.8. The van der Waals surface area contributed by atoms with Crippen molar-refractivity contribution in [1.82, 2.24) is 20.7 Å². The number of amides is 3. The van der Waals surface area contributed by atoms with E-state index >= 15 is 0 Å². The van der Waals surface area contributed by atoms with Crippen LogP contribution >= 0.6 is 0 Å². The van der Waals surface area contributed by atoms with E-state index < -0.39 is 29.8 Å². The molecule has 0 radical (unpaired) electrons. The minimum absolute atomic E-state index is 0.0601. The molecule has 0 aromatic heterocycles. The smallest absolute Gasteiger partial charge is 0.237 e. The van der Waals surface area contributed by atoms with Crippen LogP contribution in [0.5, 0.6) is 0 Å². The minimum Gasteiger partial charge on any atom is -0.369 e. The van der Waals surface area contributed by atoms with Gasteiger partial charge in [-0.2, -0.15) is 0 Å². The van der Waals surface area contributed by atoms with Crippen LogP contribution in [-0.2, 0) is 36.8 Å². The molecule has 1 aliphatic rings. The maximum atomic E-state index is 13.9. The Hall–Kier alpha value is -3.97. The number of primary amides is 1. The number of rotatable bonds is 21. The molecule has 1 fully saturated rings. The summed E-state index contributed by atoms with van der Waals surface area (Å²) in [6, 6.07) is 17.4. The summed E-state index contributed by atoms with van der Waals surface area (Å²) in [7, 11) is 0. The Balaban J connectivity index is 1.71. The number of nitrogens with one attached hydrogen (secondary N) is 2. The minimum atomic E-state index is -0.829. The molecular weight excluding hydrogens is 622 g/mol. The number of nitrogens with zero attached hydrogens (tertiary/aromatic N) is 2. The van der Waals surface area contributed by atoms with Gasteiger partial charge >= 0.3 is 0 Å². The molecule has 0 spiro atoms. The third kappa shape index (κ3) is 14.2. The first-order valence-corrected chi connectivity index (χ1v) is 17.4. The molecule has 4 atom stereocenters. The van der Waals surface area contributed by atoms with Crippen LogP contribution in [0.25, 0.3) is 0 Å². The number of ketones is 2. The van der Waals surface area contributed by atoms with Crippen molar-refractivity contribution in [3.05, 3.63) is 71.8 Å². The predicted molar refractivity (Wildman–Crippen MR) is 190 cm³/mol. The molecule has 2 aromatic rings. The van der Waals surface area contributed by atoms with Crippen molar-refractivity contribution in [3.63, 3.8) is 0 Å². The molecule has 0 saturated carbocycles. The molecular formula is C37H55N7O5. The largest absolute Gasteiger partial charge is 0.369 e. The van der Waals surface area contributed by atoms with Crippen molar-refractivity contribution in [2.75, 3.05) is 39.3 Å². The lowest BCUT2D eigenvalue weighted by Gasteiger charge is -2.34. The van der Waals surface area contributed by atoms with Gasteiger partial charge in [0.2, 0.25) is 17.7 Å². The van der Waals surface area contributed by atoms with Gasteiger partial charge in [0.1, 0.15) is 0 Å². The maximum Gasteiger partial charge on any atom is 0.237 e. The molecule has 3 amide bonds. The summed E-state index contributed by atoms with van der Waals surface area (Å²) < 4.78 is 0. The number of Topliss-reactive ketones (excluding diaryl/α,β-unsaturated/α-hetero) is 2. The van der Waals surface area contributed by atoms with E-state index in [9.17, 15) is 24.0 Å². The van der Waals surface area contributed by atoms with Crippen LogP contribution in [-0.4, -0.2) is 90.5 Å². The molecule has 2 aromatic carbocycles. The summed E-state index contributed by atoms with van der Waals surface area (Å²) in [6.07, 6.45) is 1.92. The van der Waals surface area contributed by atoms with E-state index in [1.165, 1.54) is 0 Å². The Morgan fingerprint density at radius 3 is 1.90 bits per heavy atom. The SMILES string of the molecule is CC(C)C[C@@H](NC(=O)[C@H](CC(=O)[C@H](N)Cc1ccccc1)Cc1ccccc1)C(=O)C[C@H](CCCN)C(=O)NN1CCN(CC(N)=O)CC1. The van der Waals surface area contributed by atoms with Gasteiger partial charge < -0.3 is 22.5 Å². The lowest BCUT2D eigenvalue weighted by atomic mass is 9.88. The number of hydrazine groups is 1. The number of carbonyl (C=O) groups excluding carboxylic acids is 5. The Morgan fingerprint density at radius 1 is 0.776 bits per heavy atom. The topological polar surface area (TPSA) is 194 Å². The highest BCUT2D eigenvalue weighted by Gasteiger charge is 2.32. The first-order chi connectivity index (χ1) is 23.4. The second-order valence-electron chi connectivity index (χ2n) is 13.5. The first kappa shape index (κ1) is 39.5. The molecule has 12 nitrogen and oxygen atoms in total. The van der Waals surface area contributed by atoms with Gasteiger partial charge in [0.25, 0.3) is 0 Å². The fourth-order valence-electron chi connectivity index (χ4n) is 6.12. The van der Waals surface area contributed by atoms with Gasteiger partial charge in [0, 0.05) is 50.9 Å². The highest BCUT2D eigenvalue weighted by Crippen LogP contribution is 2.20. The zero-order valence-corrected chi connectivity index (χ0v) is 29.0. The standard InChI is InChI=1S/C37H55N7O5/c1-26(2)20-32(34(46)23-29(14-9-15-38)37(49)42-44-18-16-43(17-19-44)25-35(40)47)41-36(48)30(21-27-10-5-3-6-11-27)24-33(45)31(39)22-28-12-7-4-8-13-28/h3-8,10-13,26,29-32H,9,14-25,38-39H2,1-2H3,(H2,40,47)(H,41,48)(H,42,49)/t29-,30-,31+,32+/m0/s1. The number of hydrogen-bond donors (Lipinski definition) is 5. The average Bonchev–Trinajstić information content (AvgIpc) is 3.07. The number of benzene rings is 2. The van der Waals surface area contributed by atoms with Crippen LogP contribution in [0.2, 0.25) is 0 Å². The summed E-state index contributed by atoms with van der Waals surface area (Å²) in [5, 5.41) is 4.77. The zero-order valence-electron chi connectivity index (χ0n) is 29.0. The number of carbonyl (C=O) groups is 5. The molecule has 268 valence electrons. The number of nitrogens with two attached hydrogens (primary N) is 3. The summed E-state index contributed by atoms with van der Waals surface area (Å²) in [5.74, 6) is -2.81. The lowest BCUT2D eigenvalue weighted by molar-refractivity contribution is -0.136. The Labute approximate surface area is 290 Å². The number of hydrogen-bond acceptors (Lipinski definition) is 9. The van der Waals surface area contributed by atoms with E-state index in [4.69, 9.17) is 17.2 Å². The molecule has 1 saturated heterocycles. The fraction of sp³-hybridized carbons (Fsp3) is 0.541. The normalized spacial score (nSPS) is 16.3. The highest BCUT2D eigenvalue weighted by atomic mass is 16.2. The third-order valence-electron chi connectivity index (χ3n) is 8.86. The zero-order chi connectivity index (χ0) is 35.8. The van der Waals surface area contributed by atoms with E-state index in [0.29, 0.717) is 64.8 Å². The maximum absolute atomic E-state index is 13.9. The summed E-state index contributed by atoms with van der Waals surface area (Å²) in [6.45, 7) is 6.64. The van der Waals surface area contributed by atoms with Crippen LogP contribution in [0.3, 0.4) is 0 Å². The van der Waals surface area contributed by atoms with E-state index in [2.05, 4.69) is 10.7 Å². The van der Waals surface area contributed by atoms with E-state index in [1.54, 1.807) is 5.01 Å². The molecule has 3 rings (SSSR count). The van der Waals surface area contributed by atoms with Crippen LogP contribution in [0.1, 0.15) is 57.1 Å². The van der Waals surface area contributed by atoms with Crippen molar-refractivity contribution in [2.24, 2.45) is 35.0 Å². The van der Waals surface area contributed by atoms with Gasteiger partial charge in [-0.1, -0.05) is 74.5 Å². The van der Waals surface area contributed by atoms with Crippen LogP contribution in [0, 0.1) is 17.8 Å². The van der Waals surface area contributed by atoms with E-state index in [0.717, 1.165) is 11.1 Å². The molecule has 49 heavy (non-hydrogen) atoms. The van der Waals surface area contributed by atoms with Gasteiger partial charge in [-0.05, 0) is 55.7 Å². The lowest BCUT2D eigenvalue weighted by Crippen LogP contribution is -2.56. The quantitative estimate of drug-likeness (QED) is 0.130. The summed E-state index contributed by atoms with van der Waals surface area (Å²) in [5.41, 5.74) is 22.2. The molecule has 1 heterocycles. The van der Waals surface area contributed by atoms with Gasteiger partial charge in [0.15, 0.2) is 11.6 Å². The second kappa shape index (κ2) is 20.5. The van der Waals surface area contributed by atoms with Crippen molar-refractivity contribution < 1.29 is 24.0 Å². The average molecular weight is 678 g/mol. The molecule has 1 aliphatic heterocycles. The first-order valence-electron chi connectivity index (χ1n) is 17.4. The van der Waals surface area contributed by atoms with E-state index in [1.807, 2.05) is 79.4 Å². The Bertz CT molecular complexity index is 1350. The van der Waals surface area contributed by atoms with Crippen LogP contribution in [0.4, 0.5) is 0 Å². The van der Waals surface area contributed by atoms with Crippen molar-refractivity contribution in [2.45, 2.75) is 70.9 Å². The molecule has 0 unspecified atom stereocenters.